The van der Waals surface area contributed by atoms with Gasteiger partial charge in [-0.2, -0.15) is 0 Å². The lowest BCUT2D eigenvalue weighted by atomic mass is 10.1. The Morgan fingerprint density at radius 1 is 1.29 bits per heavy atom. The number of nitrogens with zero attached hydrogens (tertiary/aromatic N) is 1. The van der Waals surface area contributed by atoms with E-state index < -0.39 is 10.0 Å². The van der Waals surface area contributed by atoms with E-state index in [2.05, 4.69) is 4.72 Å². The van der Waals surface area contributed by atoms with Gasteiger partial charge in [-0.1, -0.05) is 13.0 Å². The van der Waals surface area contributed by atoms with E-state index in [4.69, 9.17) is 0 Å². The van der Waals surface area contributed by atoms with Crippen LogP contribution >= 0.6 is 0 Å². The molecule has 1 aromatic carbocycles. The van der Waals surface area contributed by atoms with Crippen molar-refractivity contribution < 1.29 is 13.2 Å². The molecule has 1 aliphatic heterocycles. The summed E-state index contributed by atoms with van der Waals surface area (Å²) in [6.45, 7) is 5.64. The van der Waals surface area contributed by atoms with E-state index in [1.807, 2.05) is 13.8 Å². The van der Waals surface area contributed by atoms with Gasteiger partial charge >= 0.3 is 0 Å². The molecular weight excluding hydrogens is 288 g/mol. The lowest BCUT2D eigenvalue weighted by molar-refractivity contribution is 0.0792. The lowest BCUT2D eigenvalue weighted by Gasteiger charge is -2.17. The molecule has 0 atom stereocenters. The molecule has 0 aromatic heterocycles. The van der Waals surface area contributed by atoms with Crippen molar-refractivity contribution in [1.82, 2.24) is 9.62 Å². The zero-order valence-corrected chi connectivity index (χ0v) is 13.4. The minimum Gasteiger partial charge on any atom is -0.339 e. The predicted octanol–water partition coefficient (Wildman–Crippen LogP) is 1.92. The molecule has 6 heteroatoms. The van der Waals surface area contributed by atoms with Crippen LogP contribution in [0.1, 0.15) is 42.1 Å². The molecule has 0 spiro atoms. The van der Waals surface area contributed by atoms with E-state index in [0.717, 1.165) is 37.9 Å². The summed E-state index contributed by atoms with van der Waals surface area (Å²) in [5.41, 5.74) is 1.29. The van der Waals surface area contributed by atoms with Crippen LogP contribution in [0.2, 0.25) is 0 Å². The summed E-state index contributed by atoms with van der Waals surface area (Å²) >= 11 is 0. The SMILES string of the molecule is CCCNS(=O)(=O)c1ccc(C)c(C(=O)N2CCCC2)c1. The van der Waals surface area contributed by atoms with Crippen LogP contribution < -0.4 is 4.72 Å². The number of rotatable bonds is 5. The Hall–Kier alpha value is -1.40. The lowest BCUT2D eigenvalue weighted by Crippen LogP contribution is -2.29. The van der Waals surface area contributed by atoms with Gasteiger partial charge in [0.15, 0.2) is 0 Å². The first-order valence-electron chi connectivity index (χ1n) is 7.35. The average Bonchev–Trinajstić information content (AvgIpc) is 2.99. The summed E-state index contributed by atoms with van der Waals surface area (Å²) in [5.74, 6) is -0.0717. The van der Waals surface area contributed by atoms with E-state index in [-0.39, 0.29) is 10.8 Å². The van der Waals surface area contributed by atoms with E-state index in [1.54, 1.807) is 17.0 Å². The average molecular weight is 310 g/mol. The van der Waals surface area contributed by atoms with Crippen molar-refractivity contribution in [2.45, 2.75) is 38.0 Å². The molecule has 21 heavy (non-hydrogen) atoms. The van der Waals surface area contributed by atoms with Gasteiger partial charge in [-0.3, -0.25) is 4.79 Å². The highest BCUT2D eigenvalue weighted by molar-refractivity contribution is 7.89. The number of carbonyl (C=O) groups excluding carboxylic acids is 1. The van der Waals surface area contributed by atoms with E-state index in [1.165, 1.54) is 6.07 Å². The number of benzene rings is 1. The highest BCUT2D eigenvalue weighted by atomic mass is 32.2. The van der Waals surface area contributed by atoms with Gasteiger partial charge in [-0.25, -0.2) is 13.1 Å². The third-order valence-electron chi connectivity index (χ3n) is 3.69. The quantitative estimate of drug-likeness (QED) is 0.903. The molecule has 1 N–H and O–H groups in total. The molecular formula is C15H22N2O3S. The maximum atomic E-state index is 12.5. The Morgan fingerprint density at radius 3 is 2.57 bits per heavy atom. The highest BCUT2D eigenvalue weighted by Crippen LogP contribution is 2.19. The number of hydrogen-bond acceptors (Lipinski definition) is 3. The van der Waals surface area contributed by atoms with Crippen molar-refractivity contribution >= 4 is 15.9 Å². The van der Waals surface area contributed by atoms with Crippen LogP contribution in [0.15, 0.2) is 23.1 Å². The fourth-order valence-electron chi connectivity index (χ4n) is 2.41. The van der Waals surface area contributed by atoms with Crippen molar-refractivity contribution in [3.05, 3.63) is 29.3 Å². The first kappa shape index (κ1) is 16.0. The topological polar surface area (TPSA) is 66.5 Å². The first-order chi connectivity index (χ1) is 9.95. The molecule has 1 heterocycles. The molecule has 1 fully saturated rings. The number of hydrogen-bond donors (Lipinski definition) is 1. The molecule has 1 aromatic rings. The maximum absolute atomic E-state index is 12.5. The molecule has 0 unspecified atom stereocenters. The zero-order chi connectivity index (χ0) is 15.5. The third kappa shape index (κ3) is 3.63. The van der Waals surface area contributed by atoms with Crippen LogP contribution in [-0.2, 0) is 10.0 Å². The van der Waals surface area contributed by atoms with Crippen molar-refractivity contribution in [3.8, 4) is 0 Å². The van der Waals surface area contributed by atoms with Crippen molar-refractivity contribution in [3.63, 3.8) is 0 Å². The Morgan fingerprint density at radius 2 is 1.95 bits per heavy atom. The molecule has 2 rings (SSSR count). The molecule has 1 saturated heterocycles. The van der Waals surface area contributed by atoms with Crippen molar-refractivity contribution in [2.24, 2.45) is 0 Å². The van der Waals surface area contributed by atoms with E-state index in [9.17, 15) is 13.2 Å². The largest absolute Gasteiger partial charge is 0.339 e. The minimum atomic E-state index is -3.54. The summed E-state index contributed by atoms with van der Waals surface area (Å²) in [6, 6.07) is 4.74. The Labute approximate surface area is 126 Å². The fourth-order valence-corrected chi connectivity index (χ4v) is 3.57. The Bertz CT molecular complexity index is 620. The van der Waals surface area contributed by atoms with Crippen LogP contribution in [0.3, 0.4) is 0 Å². The normalized spacial score (nSPS) is 15.4. The second-order valence-electron chi connectivity index (χ2n) is 5.37. The third-order valence-corrected chi connectivity index (χ3v) is 5.14. The second-order valence-corrected chi connectivity index (χ2v) is 7.14. The molecule has 1 amide bonds. The molecule has 0 aliphatic carbocycles. The van der Waals surface area contributed by atoms with E-state index in [0.29, 0.717) is 12.1 Å². The number of nitrogens with one attached hydrogen (secondary N) is 1. The summed E-state index contributed by atoms with van der Waals surface area (Å²) in [4.78, 5) is 14.4. The van der Waals surface area contributed by atoms with Crippen molar-refractivity contribution in [1.29, 1.82) is 0 Å². The van der Waals surface area contributed by atoms with Gasteiger partial charge in [0.05, 0.1) is 4.90 Å². The van der Waals surface area contributed by atoms with Gasteiger partial charge < -0.3 is 4.90 Å². The van der Waals surface area contributed by atoms with Gasteiger partial charge in [-0.05, 0) is 43.9 Å². The van der Waals surface area contributed by atoms with Crippen LogP contribution in [-0.4, -0.2) is 38.9 Å². The smallest absolute Gasteiger partial charge is 0.254 e. The van der Waals surface area contributed by atoms with Gasteiger partial charge in [0, 0.05) is 25.2 Å². The van der Waals surface area contributed by atoms with Gasteiger partial charge in [0.1, 0.15) is 0 Å². The molecule has 5 nitrogen and oxygen atoms in total. The highest BCUT2D eigenvalue weighted by Gasteiger charge is 2.23. The molecule has 116 valence electrons. The predicted molar refractivity (Wildman–Crippen MR) is 81.8 cm³/mol. The molecule has 1 aliphatic rings. The minimum absolute atomic E-state index is 0.0717. The van der Waals surface area contributed by atoms with E-state index >= 15 is 0 Å². The van der Waals surface area contributed by atoms with Crippen molar-refractivity contribution in [2.75, 3.05) is 19.6 Å². The monoisotopic (exact) mass is 310 g/mol. The summed E-state index contributed by atoms with van der Waals surface area (Å²) in [5, 5.41) is 0. The van der Waals surface area contributed by atoms with Crippen LogP contribution in [0.4, 0.5) is 0 Å². The number of sulfonamides is 1. The zero-order valence-electron chi connectivity index (χ0n) is 12.6. The fraction of sp³-hybridized carbons (Fsp3) is 0.533. The Kier molecular flexibility index (Phi) is 5.00. The Balaban J connectivity index is 2.30. The summed E-state index contributed by atoms with van der Waals surface area (Å²) in [7, 11) is -3.54. The van der Waals surface area contributed by atoms with Crippen LogP contribution in [0.25, 0.3) is 0 Å². The van der Waals surface area contributed by atoms with Gasteiger partial charge in [-0.15, -0.1) is 0 Å². The van der Waals surface area contributed by atoms with Gasteiger partial charge in [0.25, 0.3) is 5.91 Å². The standard InChI is InChI=1S/C15H22N2O3S/c1-3-8-16-21(19,20)13-7-6-12(2)14(11-13)15(18)17-9-4-5-10-17/h6-7,11,16H,3-5,8-10H2,1-2H3. The second kappa shape index (κ2) is 6.58. The number of aryl methyl sites for hydroxylation is 1. The number of amides is 1. The summed E-state index contributed by atoms with van der Waals surface area (Å²) in [6.07, 6.45) is 2.76. The maximum Gasteiger partial charge on any atom is 0.254 e. The van der Waals surface area contributed by atoms with Gasteiger partial charge in [0.2, 0.25) is 10.0 Å². The number of likely N-dealkylation sites (tertiary alicyclic amines) is 1. The van der Waals surface area contributed by atoms with Crippen LogP contribution in [0, 0.1) is 6.92 Å². The first-order valence-corrected chi connectivity index (χ1v) is 8.83. The number of carbonyl (C=O) groups is 1. The summed E-state index contributed by atoms with van der Waals surface area (Å²) < 4.78 is 26.9. The van der Waals surface area contributed by atoms with Crippen LogP contribution in [0.5, 0.6) is 0 Å². The molecule has 0 radical (unpaired) electrons. The molecule has 0 bridgehead atoms. The molecule has 0 saturated carbocycles.